The standard InChI is InChI=1S/C25H27N9.C22H23N9O2.C22H23N9S.C21H21N9O/c1-17-6-5-7-18(14-17)34-16-27-22-23(26-15-21-28-19-8-3-4-9-20(19)29-21)30-25(31-24(22)34)33-12-10-32(2)11-13-33;1-32-15-2-3-16-17(10-15)27-18(26-16)11-24-20-19-21(31(13-25-19)14-4-9-33-12-14)29-22(28-20)30-7-5-23-6-8-30;1-14-11-30(8-7-23-14)22-28-20(24-10-18-26-16-4-2-3-5-17(16)27-18)19-21(29-22)31(13-25-19)15-6-9-32-12-15;1-2-4-16-15(3-1)25-17(26-16)11-23-19-18-20(30(13-24-18)14-5-10-31-12-14)28-21(27-19)29-8-6-22-7-9-29/h3-9,14,16H,10-13,15H2,1-2H3,(H,28,29)(H,26,30,31);2-4,9-10,12-13,23H,5-8,11H2,1H3,(H,26,27)(H,24,28,29);2-6,9,12-14,23H,7-8,10-11H2,1H3,(H,26,27)(H,24,28,29);1-5,10,12-13,22H,6-9,11H2,(H,25,26)(H,23,27,28). The smallest absolute Gasteiger partial charge is 0.229 e. The molecule has 4 fully saturated rings. The Hall–Kier alpha value is -15.5. The Morgan fingerprint density at radius 3 is 1.22 bits per heavy atom. The van der Waals surface area contributed by atoms with E-state index in [-0.39, 0.29) is 0 Å². The number of aryl methyl sites for hydroxylation is 1. The van der Waals surface area contributed by atoms with Crippen LogP contribution in [0.15, 0.2) is 203 Å². The molecule has 11 N–H and O–H groups in total. The minimum atomic E-state index is 0.386. The number of thiophene rings is 1. The van der Waals surface area contributed by atoms with Crippen LogP contribution in [0, 0.1) is 6.92 Å². The van der Waals surface area contributed by atoms with E-state index in [1.807, 2.05) is 134 Å². The summed E-state index contributed by atoms with van der Waals surface area (Å²) in [4.78, 5) is 101. The topological polar surface area (TPSA) is 425 Å². The maximum atomic E-state index is 5.31. The monoisotopic (exact) mass is 1760 g/mol. The van der Waals surface area contributed by atoms with Gasteiger partial charge in [0.1, 0.15) is 66.9 Å². The van der Waals surface area contributed by atoms with Gasteiger partial charge in [-0.3, -0.25) is 18.3 Å². The highest BCUT2D eigenvalue weighted by atomic mass is 32.1. The highest BCUT2D eigenvalue weighted by molar-refractivity contribution is 7.08. The van der Waals surface area contributed by atoms with Gasteiger partial charge < -0.3 is 95.2 Å². The molecule has 1 unspecified atom stereocenters. The first-order valence-electron chi connectivity index (χ1n) is 43.3. The Morgan fingerprint density at radius 2 is 0.808 bits per heavy atom. The number of nitrogens with zero attached hydrogens (tertiary/aromatic N) is 25. The molecule has 0 saturated carbocycles. The summed E-state index contributed by atoms with van der Waals surface area (Å²) < 4.78 is 23.7. The quantitative estimate of drug-likeness (QED) is 0.0318. The highest BCUT2D eigenvalue weighted by Crippen LogP contribution is 2.33. The van der Waals surface area contributed by atoms with Crippen LogP contribution >= 0.6 is 11.3 Å². The number of benzene rings is 5. The van der Waals surface area contributed by atoms with E-state index in [1.165, 1.54) is 5.56 Å². The van der Waals surface area contributed by atoms with Crippen LogP contribution in [0.2, 0.25) is 0 Å². The van der Waals surface area contributed by atoms with Gasteiger partial charge in [0.25, 0.3) is 0 Å². The molecule has 0 aliphatic carbocycles. The van der Waals surface area contributed by atoms with Crippen molar-refractivity contribution < 1.29 is 13.6 Å². The zero-order valence-corrected chi connectivity index (χ0v) is 72.6. The number of likely N-dealkylation sites (N-methyl/N-ethyl adjacent to an activating group) is 1. The van der Waals surface area contributed by atoms with Crippen LogP contribution in [0.4, 0.5) is 47.1 Å². The molecule has 658 valence electrons. The predicted molar refractivity (Wildman–Crippen MR) is 504 cm³/mol. The maximum Gasteiger partial charge on any atom is 0.229 e. The number of hydrogen-bond donors (Lipinski definition) is 11. The van der Waals surface area contributed by atoms with Crippen molar-refractivity contribution in [1.29, 1.82) is 0 Å². The number of aromatic nitrogens is 24. The maximum absolute atomic E-state index is 5.31. The third kappa shape index (κ3) is 17.4. The van der Waals surface area contributed by atoms with E-state index < -0.39 is 0 Å². The van der Waals surface area contributed by atoms with Crippen LogP contribution in [0.1, 0.15) is 35.8 Å². The number of rotatable bonds is 21. The lowest BCUT2D eigenvalue weighted by atomic mass is 10.2. The average Bonchev–Trinajstić information content (AvgIpc) is 1.61. The number of hydrogen-bond acceptors (Lipinski definition) is 32. The number of nitrogens with one attached hydrogen (secondary N) is 11. The summed E-state index contributed by atoms with van der Waals surface area (Å²) >= 11 is 1.65. The molecule has 0 radical (unpaired) electrons. The normalized spacial score (nSPS) is 15.1. The lowest BCUT2D eigenvalue weighted by Crippen LogP contribution is -2.49. The summed E-state index contributed by atoms with van der Waals surface area (Å²) in [7, 11) is 3.80. The summed E-state index contributed by atoms with van der Waals surface area (Å²) in [6.07, 6.45) is 13.8. The van der Waals surface area contributed by atoms with E-state index in [0.29, 0.717) is 78.4 Å². The summed E-state index contributed by atoms with van der Waals surface area (Å²) in [6.45, 7) is 19.7. The molecule has 20 aromatic rings. The van der Waals surface area contributed by atoms with E-state index in [0.717, 1.165) is 240 Å². The average molecular weight is 1760 g/mol. The molecule has 5 aromatic carbocycles. The largest absolute Gasteiger partial charge is 0.497 e. The van der Waals surface area contributed by atoms with E-state index in [1.54, 1.807) is 56.2 Å². The number of furan rings is 2. The first kappa shape index (κ1) is 81.5. The number of imidazole rings is 8. The second-order valence-corrected chi connectivity index (χ2v) is 32.8. The van der Waals surface area contributed by atoms with Crippen LogP contribution in [0.3, 0.4) is 0 Å². The molecule has 0 bridgehead atoms. The molecule has 0 spiro atoms. The Bertz CT molecular complexity index is 7190. The second-order valence-electron chi connectivity index (χ2n) is 32.1. The van der Waals surface area contributed by atoms with Gasteiger partial charge in [0.15, 0.2) is 67.9 Å². The summed E-state index contributed by atoms with van der Waals surface area (Å²) in [5.41, 5.74) is 18.7. The molecule has 39 nitrogen and oxygen atoms in total. The summed E-state index contributed by atoms with van der Waals surface area (Å²) in [5.74, 6) is 9.70. The second kappa shape index (κ2) is 36.4. The van der Waals surface area contributed by atoms with E-state index in [2.05, 4.69) is 179 Å². The van der Waals surface area contributed by atoms with Gasteiger partial charge in [-0.05, 0) is 98.6 Å². The molecule has 1 atom stereocenters. The first-order valence-corrected chi connectivity index (χ1v) is 44.2. The van der Waals surface area contributed by atoms with Crippen LogP contribution < -0.4 is 61.6 Å². The fourth-order valence-electron chi connectivity index (χ4n) is 16.4. The number of fused-ring (bicyclic) bond motifs is 8. The van der Waals surface area contributed by atoms with Crippen LogP contribution in [0.5, 0.6) is 5.75 Å². The number of aromatic amines is 4. The van der Waals surface area contributed by atoms with Crippen molar-refractivity contribution in [2.45, 2.75) is 46.1 Å². The number of para-hydroxylation sites is 6. The van der Waals surface area contributed by atoms with Crippen molar-refractivity contribution in [3.8, 4) is 28.5 Å². The SMILES string of the molecule is CC1CN(c2nc(NCc3nc4ccccc4[nH]3)c3ncn(-c4ccsc4)c3n2)CCN1.COc1ccc2nc(CNc3nc(N4CCNCC4)nc4c3ncn4-c3ccoc3)[nH]c2c1.Cc1cccc(-n2cnc3c(NCc4nc5ccccc5[nH]4)nc(N4CCN(C)CC4)nc32)c1.c1ccc2[nH]c(CNc3nc(N4CCNCC4)nc4c3ncn4-c3ccoc3)nc2c1. The van der Waals surface area contributed by atoms with Crippen molar-refractivity contribution >= 4 is 147 Å². The number of piperazine rings is 4. The molecule has 19 heterocycles. The van der Waals surface area contributed by atoms with Gasteiger partial charge >= 0.3 is 0 Å². The molecular weight excluding hydrogens is 1670 g/mol. The molecule has 24 rings (SSSR count). The Balaban J connectivity index is 0.000000105. The van der Waals surface area contributed by atoms with Crippen molar-refractivity contribution in [3.05, 3.63) is 223 Å². The fraction of sp³-hybridized carbons (Fsp3) is 0.267. The Morgan fingerprint density at radius 1 is 0.400 bits per heavy atom. The minimum absolute atomic E-state index is 0.386. The Kier molecular flexibility index (Phi) is 22.9. The Labute approximate surface area is 746 Å². The third-order valence-corrected chi connectivity index (χ3v) is 23.8. The lowest BCUT2D eigenvalue weighted by Gasteiger charge is -2.32. The zero-order chi connectivity index (χ0) is 87.4. The van der Waals surface area contributed by atoms with Gasteiger partial charge in [0, 0.05) is 133 Å². The highest BCUT2D eigenvalue weighted by Gasteiger charge is 2.28. The third-order valence-electron chi connectivity index (χ3n) is 23.2. The number of H-pyrrole nitrogens is 4. The van der Waals surface area contributed by atoms with Crippen molar-refractivity contribution in [2.75, 3.05) is 153 Å². The zero-order valence-electron chi connectivity index (χ0n) is 71.8. The molecule has 130 heavy (non-hydrogen) atoms. The molecule has 4 aliphatic rings. The van der Waals surface area contributed by atoms with Gasteiger partial charge in [0.2, 0.25) is 23.8 Å². The van der Waals surface area contributed by atoms with Crippen molar-refractivity contribution in [2.24, 2.45) is 0 Å². The molecule has 0 amide bonds. The van der Waals surface area contributed by atoms with Crippen LogP contribution in [-0.4, -0.2) is 241 Å². The first-order chi connectivity index (χ1) is 64.0. The van der Waals surface area contributed by atoms with Gasteiger partial charge in [-0.15, -0.1) is 0 Å². The van der Waals surface area contributed by atoms with Crippen molar-refractivity contribution in [3.63, 3.8) is 0 Å². The van der Waals surface area contributed by atoms with Crippen LogP contribution in [-0.2, 0) is 26.2 Å². The number of anilines is 8. The lowest BCUT2D eigenvalue weighted by molar-refractivity contribution is 0.311. The minimum Gasteiger partial charge on any atom is -0.497 e. The number of methoxy groups -OCH3 is 1. The van der Waals surface area contributed by atoms with E-state index >= 15 is 0 Å². The van der Waals surface area contributed by atoms with E-state index in [4.69, 9.17) is 58.4 Å². The predicted octanol–water partition coefficient (Wildman–Crippen LogP) is 11.1. The molecule has 4 aliphatic heterocycles. The van der Waals surface area contributed by atoms with Crippen molar-refractivity contribution in [1.82, 2.24) is 139 Å². The van der Waals surface area contributed by atoms with Crippen LogP contribution in [0.25, 0.3) is 112 Å². The number of ether oxygens (including phenoxy) is 1. The fourth-order valence-corrected chi connectivity index (χ4v) is 17.0. The van der Waals surface area contributed by atoms with Gasteiger partial charge in [0.05, 0.1) is 107 Å². The summed E-state index contributed by atoms with van der Waals surface area (Å²) in [6, 6.07) is 44.4. The van der Waals surface area contributed by atoms with Gasteiger partial charge in [-0.2, -0.15) is 51.2 Å². The summed E-state index contributed by atoms with van der Waals surface area (Å²) in [5, 5.41) is 28.1. The molecule has 4 saturated heterocycles. The molecular formula is C90H94N36O3S. The van der Waals surface area contributed by atoms with Gasteiger partial charge in [-0.25, -0.2) is 39.9 Å². The van der Waals surface area contributed by atoms with E-state index in [9.17, 15) is 0 Å². The molecule has 15 aromatic heterocycles. The van der Waals surface area contributed by atoms with Gasteiger partial charge in [-0.1, -0.05) is 48.5 Å². The molecule has 40 heteroatoms.